The third-order valence-electron chi connectivity index (χ3n) is 4.94. The van der Waals surface area contributed by atoms with Gasteiger partial charge < -0.3 is 14.3 Å². The van der Waals surface area contributed by atoms with Crippen LogP contribution in [0.15, 0.2) is 54.7 Å². The zero-order chi connectivity index (χ0) is 19.8. The van der Waals surface area contributed by atoms with Crippen molar-refractivity contribution in [3.05, 3.63) is 88.9 Å². The van der Waals surface area contributed by atoms with Gasteiger partial charge in [0.1, 0.15) is 11.5 Å². The SMILES string of the molecule is Cc1cc(C(=O)NCc2cn3c(C)cccc3n2)c(C)n1-c1ccc(F)cc1. The number of nitrogens with one attached hydrogen (secondary N) is 1. The third-order valence-corrected chi connectivity index (χ3v) is 4.94. The van der Waals surface area contributed by atoms with Gasteiger partial charge in [0.15, 0.2) is 0 Å². The van der Waals surface area contributed by atoms with Gasteiger partial charge in [-0.25, -0.2) is 9.37 Å². The molecule has 1 amide bonds. The van der Waals surface area contributed by atoms with E-state index < -0.39 is 0 Å². The Bertz CT molecular complexity index is 1170. The highest BCUT2D eigenvalue weighted by atomic mass is 19.1. The number of fused-ring (bicyclic) bond motifs is 1. The van der Waals surface area contributed by atoms with Crippen molar-refractivity contribution in [2.24, 2.45) is 0 Å². The first-order chi connectivity index (χ1) is 13.4. The van der Waals surface area contributed by atoms with Gasteiger partial charge in [0.25, 0.3) is 5.91 Å². The van der Waals surface area contributed by atoms with Gasteiger partial charge in [-0.3, -0.25) is 4.79 Å². The molecule has 0 spiro atoms. The molecular weight excluding hydrogens is 355 g/mol. The highest BCUT2D eigenvalue weighted by Crippen LogP contribution is 2.21. The molecule has 142 valence electrons. The molecule has 0 aliphatic carbocycles. The number of rotatable bonds is 4. The lowest BCUT2D eigenvalue weighted by Crippen LogP contribution is -2.23. The molecule has 4 aromatic rings. The fraction of sp³-hybridized carbons (Fsp3) is 0.182. The summed E-state index contributed by atoms with van der Waals surface area (Å²) in [4.78, 5) is 17.3. The first-order valence-electron chi connectivity index (χ1n) is 9.11. The Balaban J connectivity index is 1.55. The normalized spacial score (nSPS) is 11.1. The van der Waals surface area contributed by atoms with Gasteiger partial charge >= 0.3 is 0 Å². The number of carbonyl (C=O) groups excluding carboxylic acids is 1. The van der Waals surface area contributed by atoms with Crippen molar-refractivity contribution < 1.29 is 9.18 Å². The Morgan fingerprint density at radius 3 is 2.54 bits per heavy atom. The van der Waals surface area contributed by atoms with Crippen LogP contribution in [0.5, 0.6) is 0 Å². The number of aromatic nitrogens is 3. The summed E-state index contributed by atoms with van der Waals surface area (Å²) in [5.41, 5.74) is 5.90. The maximum absolute atomic E-state index is 13.2. The molecule has 0 aliphatic rings. The molecule has 0 radical (unpaired) electrons. The van der Waals surface area contributed by atoms with Crippen LogP contribution in [-0.2, 0) is 6.54 Å². The Morgan fingerprint density at radius 1 is 1.07 bits per heavy atom. The summed E-state index contributed by atoms with van der Waals surface area (Å²) in [7, 11) is 0. The molecule has 0 atom stereocenters. The summed E-state index contributed by atoms with van der Waals surface area (Å²) in [5.74, 6) is -0.442. The van der Waals surface area contributed by atoms with E-state index in [1.54, 1.807) is 12.1 Å². The molecule has 0 saturated carbocycles. The quantitative estimate of drug-likeness (QED) is 0.582. The zero-order valence-corrected chi connectivity index (χ0v) is 16.0. The maximum atomic E-state index is 13.2. The van der Waals surface area contributed by atoms with Gasteiger partial charge in [-0.1, -0.05) is 6.07 Å². The minimum absolute atomic E-state index is 0.157. The molecule has 5 nitrogen and oxygen atoms in total. The molecule has 1 aromatic carbocycles. The summed E-state index contributed by atoms with van der Waals surface area (Å²) in [6.07, 6.45) is 1.94. The number of pyridine rings is 1. The lowest BCUT2D eigenvalue weighted by molar-refractivity contribution is 0.0950. The van der Waals surface area contributed by atoms with Crippen molar-refractivity contribution in [1.82, 2.24) is 19.3 Å². The largest absolute Gasteiger partial charge is 0.346 e. The average Bonchev–Trinajstić information content (AvgIpc) is 3.22. The van der Waals surface area contributed by atoms with E-state index in [2.05, 4.69) is 10.3 Å². The second-order valence-electron chi connectivity index (χ2n) is 6.91. The number of halogens is 1. The van der Waals surface area contributed by atoms with Crippen molar-refractivity contribution in [3.8, 4) is 5.69 Å². The molecule has 6 heteroatoms. The molecule has 0 bridgehead atoms. The van der Waals surface area contributed by atoms with Crippen molar-refractivity contribution in [2.45, 2.75) is 27.3 Å². The second kappa shape index (κ2) is 6.96. The van der Waals surface area contributed by atoms with Crippen LogP contribution in [0.3, 0.4) is 0 Å². The van der Waals surface area contributed by atoms with Crippen LogP contribution in [-0.4, -0.2) is 19.9 Å². The first kappa shape index (κ1) is 18.0. The summed E-state index contributed by atoms with van der Waals surface area (Å²) >= 11 is 0. The van der Waals surface area contributed by atoms with Gasteiger partial charge in [0.05, 0.1) is 17.8 Å². The topological polar surface area (TPSA) is 51.3 Å². The minimum atomic E-state index is -0.285. The number of benzene rings is 1. The van der Waals surface area contributed by atoms with Crippen molar-refractivity contribution in [3.63, 3.8) is 0 Å². The molecule has 0 saturated heterocycles. The number of imidazole rings is 1. The highest BCUT2D eigenvalue weighted by Gasteiger charge is 2.17. The van der Waals surface area contributed by atoms with E-state index in [0.29, 0.717) is 12.1 Å². The predicted molar refractivity (Wildman–Crippen MR) is 106 cm³/mol. The van der Waals surface area contributed by atoms with Gasteiger partial charge in [0.2, 0.25) is 0 Å². The fourth-order valence-corrected chi connectivity index (χ4v) is 3.53. The highest BCUT2D eigenvalue weighted by molar-refractivity contribution is 5.95. The average molecular weight is 376 g/mol. The van der Waals surface area contributed by atoms with Crippen LogP contribution in [0.1, 0.15) is 33.1 Å². The monoisotopic (exact) mass is 376 g/mol. The molecule has 0 unspecified atom stereocenters. The number of nitrogens with zero attached hydrogens (tertiary/aromatic N) is 3. The van der Waals surface area contributed by atoms with Gasteiger partial charge in [0, 0.05) is 29.0 Å². The van der Waals surface area contributed by atoms with E-state index in [1.807, 2.05) is 60.2 Å². The van der Waals surface area contributed by atoms with Crippen molar-refractivity contribution >= 4 is 11.6 Å². The van der Waals surface area contributed by atoms with Crippen LogP contribution in [0, 0.1) is 26.6 Å². The van der Waals surface area contributed by atoms with E-state index in [-0.39, 0.29) is 11.7 Å². The summed E-state index contributed by atoms with van der Waals surface area (Å²) < 4.78 is 17.2. The van der Waals surface area contributed by atoms with Crippen LogP contribution >= 0.6 is 0 Å². The lowest BCUT2D eigenvalue weighted by atomic mass is 10.2. The maximum Gasteiger partial charge on any atom is 0.253 e. The van der Waals surface area contributed by atoms with Gasteiger partial charge in [-0.05, 0) is 63.2 Å². The summed E-state index contributed by atoms with van der Waals surface area (Å²) in [5, 5.41) is 2.95. The number of carbonyl (C=O) groups is 1. The standard InChI is InChI=1S/C22H21FN4O/c1-14-5-4-6-21-25-18(13-26(14)21)12-24-22(28)20-11-15(2)27(16(20)3)19-9-7-17(23)8-10-19/h4-11,13H,12H2,1-3H3,(H,24,28). The van der Waals surface area contributed by atoms with E-state index >= 15 is 0 Å². The smallest absolute Gasteiger partial charge is 0.253 e. The van der Waals surface area contributed by atoms with Gasteiger partial charge in [-0.2, -0.15) is 0 Å². The Morgan fingerprint density at radius 2 is 1.82 bits per heavy atom. The van der Waals surface area contributed by atoms with E-state index in [4.69, 9.17) is 0 Å². The van der Waals surface area contributed by atoms with Crippen LogP contribution in [0.4, 0.5) is 4.39 Å². The van der Waals surface area contributed by atoms with Crippen molar-refractivity contribution in [2.75, 3.05) is 0 Å². The first-order valence-corrected chi connectivity index (χ1v) is 9.11. The van der Waals surface area contributed by atoms with Gasteiger partial charge in [-0.15, -0.1) is 0 Å². The molecule has 0 fully saturated rings. The van der Waals surface area contributed by atoms with E-state index in [0.717, 1.165) is 34.1 Å². The van der Waals surface area contributed by atoms with Crippen LogP contribution in [0.25, 0.3) is 11.3 Å². The third kappa shape index (κ3) is 3.17. The molecule has 4 rings (SSSR count). The predicted octanol–water partition coefficient (Wildman–Crippen LogP) is 4.12. The Kier molecular flexibility index (Phi) is 4.47. The fourth-order valence-electron chi connectivity index (χ4n) is 3.53. The summed E-state index contributed by atoms with van der Waals surface area (Å²) in [6.45, 7) is 6.18. The molecule has 3 aromatic heterocycles. The number of aryl methyl sites for hydroxylation is 2. The molecule has 28 heavy (non-hydrogen) atoms. The minimum Gasteiger partial charge on any atom is -0.346 e. The number of hydrogen-bond acceptors (Lipinski definition) is 2. The number of amides is 1. The second-order valence-corrected chi connectivity index (χ2v) is 6.91. The molecule has 1 N–H and O–H groups in total. The van der Waals surface area contributed by atoms with Crippen LogP contribution < -0.4 is 5.32 Å². The molecule has 3 heterocycles. The number of hydrogen-bond donors (Lipinski definition) is 1. The van der Waals surface area contributed by atoms with E-state index in [1.165, 1.54) is 12.1 Å². The molecular formula is C22H21FN4O. The van der Waals surface area contributed by atoms with E-state index in [9.17, 15) is 9.18 Å². The zero-order valence-electron chi connectivity index (χ0n) is 16.0. The Hall–Kier alpha value is -3.41. The Labute approximate surface area is 162 Å². The molecule has 0 aliphatic heterocycles. The van der Waals surface area contributed by atoms with Crippen LogP contribution in [0.2, 0.25) is 0 Å². The lowest BCUT2D eigenvalue weighted by Gasteiger charge is -2.10. The summed E-state index contributed by atoms with van der Waals surface area (Å²) in [6, 6.07) is 14.0. The van der Waals surface area contributed by atoms with Crippen molar-refractivity contribution in [1.29, 1.82) is 0 Å².